The number of esters is 1. The van der Waals surface area contributed by atoms with Crippen LogP contribution >= 0.6 is 15.9 Å². The number of ether oxygens (including phenoxy) is 1. The first-order valence-corrected chi connectivity index (χ1v) is 7.82. The lowest BCUT2D eigenvalue weighted by molar-refractivity contribution is -0.142. The van der Waals surface area contributed by atoms with E-state index in [4.69, 9.17) is 4.74 Å². The van der Waals surface area contributed by atoms with E-state index < -0.39 is 11.8 Å². The van der Waals surface area contributed by atoms with Crippen molar-refractivity contribution >= 4 is 38.6 Å². The highest BCUT2D eigenvalue weighted by Crippen LogP contribution is 2.27. The predicted molar refractivity (Wildman–Crippen MR) is 85.6 cm³/mol. The number of carbonyl (C=O) groups excluding carboxylic acids is 2. The quantitative estimate of drug-likeness (QED) is 0.502. The number of halogens is 1. The summed E-state index contributed by atoms with van der Waals surface area (Å²) >= 11 is 3.44. The summed E-state index contributed by atoms with van der Waals surface area (Å²) in [6, 6.07) is 3.85. The van der Waals surface area contributed by atoms with E-state index >= 15 is 0 Å². The maximum Gasteiger partial charge on any atom is 0.380 e. The van der Waals surface area contributed by atoms with Gasteiger partial charge in [-0.15, -0.1) is 0 Å². The molecule has 1 atom stereocenters. The zero-order valence-electron chi connectivity index (χ0n) is 12.3. The van der Waals surface area contributed by atoms with E-state index in [9.17, 15) is 9.59 Å². The molecule has 0 saturated heterocycles. The first-order chi connectivity index (χ1) is 9.97. The van der Waals surface area contributed by atoms with Crippen molar-refractivity contribution < 1.29 is 14.3 Å². The zero-order chi connectivity index (χ0) is 15.6. The molecule has 0 amide bonds. The highest BCUT2D eigenvalue weighted by Gasteiger charge is 2.23. The number of ketones is 1. The number of H-pyrrole nitrogens is 1. The van der Waals surface area contributed by atoms with Crippen LogP contribution in [0.25, 0.3) is 10.9 Å². The van der Waals surface area contributed by atoms with Gasteiger partial charge in [0.25, 0.3) is 5.78 Å². The molecule has 0 radical (unpaired) electrons. The molecule has 2 rings (SSSR count). The van der Waals surface area contributed by atoms with Gasteiger partial charge in [-0.25, -0.2) is 4.79 Å². The third kappa shape index (κ3) is 3.18. The Bertz CT molecular complexity index is 690. The maximum atomic E-state index is 12.3. The molecule has 21 heavy (non-hydrogen) atoms. The summed E-state index contributed by atoms with van der Waals surface area (Å²) in [7, 11) is 0. The van der Waals surface area contributed by atoms with Gasteiger partial charge in [0.05, 0.1) is 11.7 Å². The number of Topliss-reactive ketones (excluding diaryl/α,β-unsaturated/α-hetero) is 1. The van der Waals surface area contributed by atoms with Crippen LogP contribution < -0.4 is 0 Å². The van der Waals surface area contributed by atoms with Crippen LogP contribution in [0.5, 0.6) is 0 Å². The van der Waals surface area contributed by atoms with Crippen LogP contribution in [-0.2, 0) is 16.0 Å². The van der Waals surface area contributed by atoms with E-state index in [1.165, 1.54) is 0 Å². The second-order valence-electron chi connectivity index (χ2n) is 5.00. The van der Waals surface area contributed by atoms with E-state index in [1.54, 1.807) is 13.1 Å². The lowest BCUT2D eigenvalue weighted by atomic mass is 10.0. The molecular weight excluding hydrogens is 334 g/mol. The maximum absolute atomic E-state index is 12.3. The number of hydrogen-bond donors (Lipinski definition) is 1. The molecule has 0 saturated carbocycles. The number of aromatic nitrogens is 1. The molecule has 5 heteroatoms. The molecule has 0 spiro atoms. The number of benzene rings is 1. The summed E-state index contributed by atoms with van der Waals surface area (Å²) in [5, 5.41) is 0.743. The van der Waals surface area contributed by atoms with Crippen molar-refractivity contribution in [2.45, 2.75) is 39.7 Å². The molecule has 1 aromatic heterocycles. The predicted octanol–water partition coefficient (Wildman–Crippen LogP) is 4.02. The average molecular weight is 352 g/mol. The van der Waals surface area contributed by atoms with Gasteiger partial charge >= 0.3 is 5.97 Å². The van der Waals surface area contributed by atoms with Gasteiger partial charge in [-0.05, 0) is 37.5 Å². The zero-order valence-corrected chi connectivity index (χ0v) is 13.9. The van der Waals surface area contributed by atoms with Crippen molar-refractivity contribution in [2.24, 2.45) is 0 Å². The SMILES string of the molecule is CCc1cc(Br)cc2c(C(=O)C(=O)OC(C)CC)c[nH]c12. The molecule has 4 nitrogen and oxygen atoms in total. The Balaban J connectivity index is 2.41. The van der Waals surface area contributed by atoms with E-state index in [0.29, 0.717) is 12.0 Å². The number of aromatic amines is 1. The van der Waals surface area contributed by atoms with Gasteiger partial charge in [0, 0.05) is 21.6 Å². The topological polar surface area (TPSA) is 59.2 Å². The third-order valence-corrected chi connectivity index (χ3v) is 3.99. The molecular formula is C16H18BrNO3. The minimum absolute atomic E-state index is 0.260. The molecule has 0 aliphatic heterocycles. The average Bonchev–Trinajstić information content (AvgIpc) is 2.88. The van der Waals surface area contributed by atoms with Gasteiger partial charge in [0.2, 0.25) is 0 Å². The molecule has 112 valence electrons. The molecule has 0 aliphatic carbocycles. The van der Waals surface area contributed by atoms with Crippen LogP contribution in [0.15, 0.2) is 22.8 Å². The second kappa shape index (κ2) is 6.43. The van der Waals surface area contributed by atoms with Crippen molar-refractivity contribution in [3.05, 3.63) is 33.9 Å². The van der Waals surface area contributed by atoms with Gasteiger partial charge in [0.1, 0.15) is 0 Å². The number of fused-ring (bicyclic) bond motifs is 1. The number of rotatable bonds is 5. The van der Waals surface area contributed by atoms with E-state index in [2.05, 4.69) is 20.9 Å². The summed E-state index contributed by atoms with van der Waals surface area (Å²) in [4.78, 5) is 27.3. The fourth-order valence-corrected chi connectivity index (χ4v) is 2.67. The van der Waals surface area contributed by atoms with Crippen LogP contribution in [0.2, 0.25) is 0 Å². The normalized spacial score (nSPS) is 12.4. The summed E-state index contributed by atoms with van der Waals surface area (Å²) in [6.45, 7) is 5.71. The van der Waals surface area contributed by atoms with Gasteiger partial charge in [0.15, 0.2) is 0 Å². The van der Waals surface area contributed by atoms with Crippen molar-refractivity contribution in [1.82, 2.24) is 4.98 Å². The van der Waals surface area contributed by atoms with Crippen LogP contribution in [0.4, 0.5) is 0 Å². The number of nitrogens with one attached hydrogen (secondary N) is 1. The molecule has 1 heterocycles. The van der Waals surface area contributed by atoms with Crippen molar-refractivity contribution in [3.8, 4) is 0 Å². The summed E-state index contributed by atoms with van der Waals surface area (Å²) < 4.78 is 5.99. The third-order valence-electron chi connectivity index (χ3n) is 3.53. The van der Waals surface area contributed by atoms with E-state index in [-0.39, 0.29) is 6.10 Å². The minimum atomic E-state index is -0.803. The fraction of sp³-hybridized carbons (Fsp3) is 0.375. The number of aryl methyl sites for hydroxylation is 1. The number of hydrogen-bond acceptors (Lipinski definition) is 3. The Morgan fingerprint density at radius 1 is 1.33 bits per heavy atom. The largest absolute Gasteiger partial charge is 0.457 e. The van der Waals surface area contributed by atoms with Gasteiger partial charge in [-0.2, -0.15) is 0 Å². The molecule has 1 aromatic carbocycles. The molecule has 0 fully saturated rings. The molecule has 0 bridgehead atoms. The Labute approximate surface area is 132 Å². The van der Waals surface area contributed by atoms with Crippen LogP contribution in [-0.4, -0.2) is 22.8 Å². The Kier molecular flexibility index (Phi) is 4.83. The Hall–Kier alpha value is -1.62. The monoisotopic (exact) mass is 351 g/mol. The summed E-state index contributed by atoms with van der Waals surface area (Å²) in [5.41, 5.74) is 2.34. The molecule has 2 aromatic rings. The standard InChI is InChI=1S/C16H18BrNO3/c1-4-9(3)21-16(20)15(19)13-8-18-14-10(5-2)6-11(17)7-12(13)14/h6-9,18H,4-5H2,1-3H3. The summed E-state index contributed by atoms with van der Waals surface area (Å²) in [6.07, 6.45) is 2.83. The van der Waals surface area contributed by atoms with Crippen LogP contribution in [0.1, 0.15) is 43.1 Å². The first kappa shape index (κ1) is 15.8. The minimum Gasteiger partial charge on any atom is -0.457 e. The highest BCUT2D eigenvalue weighted by atomic mass is 79.9. The number of carbonyl (C=O) groups is 2. The van der Waals surface area contributed by atoms with Crippen molar-refractivity contribution in [3.63, 3.8) is 0 Å². The highest BCUT2D eigenvalue weighted by molar-refractivity contribution is 9.10. The molecule has 1 N–H and O–H groups in total. The smallest absolute Gasteiger partial charge is 0.380 e. The Morgan fingerprint density at radius 2 is 2.05 bits per heavy atom. The molecule has 0 aliphatic rings. The van der Waals surface area contributed by atoms with Gasteiger partial charge in [-0.1, -0.05) is 29.8 Å². The first-order valence-electron chi connectivity index (χ1n) is 7.02. The van der Waals surface area contributed by atoms with Gasteiger partial charge < -0.3 is 9.72 Å². The lowest BCUT2D eigenvalue weighted by Crippen LogP contribution is -2.22. The molecule has 1 unspecified atom stereocenters. The second-order valence-corrected chi connectivity index (χ2v) is 5.91. The van der Waals surface area contributed by atoms with E-state index in [1.807, 2.05) is 26.0 Å². The lowest BCUT2D eigenvalue weighted by Gasteiger charge is -2.09. The fourth-order valence-electron chi connectivity index (χ4n) is 2.16. The van der Waals surface area contributed by atoms with Crippen LogP contribution in [0, 0.1) is 0 Å². The van der Waals surface area contributed by atoms with Crippen molar-refractivity contribution in [2.75, 3.05) is 0 Å². The van der Waals surface area contributed by atoms with Crippen molar-refractivity contribution in [1.29, 1.82) is 0 Å². The van der Waals surface area contributed by atoms with Gasteiger partial charge in [-0.3, -0.25) is 4.79 Å². The van der Waals surface area contributed by atoms with E-state index in [0.717, 1.165) is 27.4 Å². The Morgan fingerprint density at radius 3 is 2.67 bits per heavy atom. The van der Waals surface area contributed by atoms with Crippen LogP contribution in [0.3, 0.4) is 0 Å². The summed E-state index contributed by atoms with van der Waals surface area (Å²) in [5.74, 6) is -1.41.